The fourth-order valence-corrected chi connectivity index (χ4v) is 0. The minimum absolute atomic E-state index is 0. The van der Waals surface area contributed by atoms with E-state index in [-0.39, 0.29) is 39.1 Å². The average Bonchev–Trinajstić information content (AvgIpc) is 0.722. The summed E-state index contributed by atoms with van der Waals surface area (Å²) in [6, 6.07) is 0. The van der Waals surface area contributed by atoms with Gasteiger partial charge >= 0.3 is 26.7 Å². The van der Waals surface area contributed by atoms with Gasteiger partial charge in [0.15, 0.2) is 0 Å². The quantitative estimate of drug-likeness (QED) is 0.211. The zero-order chi connectivity index (χ0) is 4.50. The summed E-state index contributed by atoms with van der Waals surface area (Å²) >= 11 is 0. The van der Waals surface area contributed by atoms with Gasteiger partial charge in [0.25, 0.3) is 0 Å². The maximum atomic E-state index is 8.88. The van der Waals surface area contributed by atoms with Crippen LogP contribution in [0.25, 0.3) is 0 Å². The molecule has 0 aliphatic heterocycles. The molecule has 0 aliphatic carbocycles. The Morgan fingerprint density at radius 1 is 0.900 bits per heavy atom. The van der Waals surface area contributed by atoms with Crippen molar-refractivity contribution in [2.24, 2.45) is 0 Å². The number of phosphoric acid groups is 1. The van der Waals surface area contributed by atoms with E-state index in [0.717, 1.165) is 0 Å². The SMILES string of the molecule is F.F.F.F.O=P(O)(O)O.[H-].[Li+]. The Balaban J connectivity index is -0.00000000533. The molecule has 66 valence electrons. The second-order valence-corrected chi connectivity index (χ2v) is 1.54. The van der Waals surface area contributed by atoms with E-state index < -0.39 is 7.82 Å². The molecule has 0 fully saturated rings. The number of hydrogen-bond acceptors (Lipinski definition) is 1. The normalized spacial score (nSPS) is 5.90. The molecule has 0 aromatic heterocycles. The van der Waals surface area contributed by atoms with E-state index in [1.54, 1.807) is 0 Å². The molecule has 3 N–H and O–H groups in total. The van der Waals surface area contributed by atoms with Crippen LogP contribution in [-0.4, -0.2) is 14.7 Å². The molecule has 0 aliphatic rings. The van der Waals surface area contributed by atoms with Crippen molar-refractivity contribution in [3.8, 4) is 0 Å². The van der Waals surface area contributed by atoms with Crippen LogP contribution in [0.3, 0.4) is 0 Å². The summed E-state index contributed by atoms with van der Waals surface area (Å²) < 4.78 is 8.88. The van der Waals surface area contributed by atoms with Crippen LogP contribution in [-0.2, 0) is 4.57 Å². The molecular formula is H8F4LiO4P. The van der Waals surface area contributed by atoms with Crippen LogP contribution in [0.15, 0.2) is 0 Å². The largest absolute Gasteiger partial charge is 1.00 e. The van der Waals surface area contributed by atoms with E-state index >= 15 is 0 Å². The average molecular weight is 186 g/mol. The Morgan fingerprint density at radius 3 is 0.900 bits per heavy atom. The summed E-state index contributed by atoms with van der Waals surface area (Å²) in [6.07, 6.45) is 0. The molecule has 0 radical (unpaired) electrons. The molecule has 0 atom stereocenters. The number of rotatable bonds is 0. The Morgan fingerprint density at radius 2 is 0.900 bits per heavy atom. The van der Waals surface area contributed by atoms with Crippen molar-refractivity contribution in [2.75, 3.05) is 0 Å². The van der Waals surface area contributed by atoms with Crippen molar-refractivity contribution in [1.82, 2.24) is 0 Å². The van der Waals surface area contributed by atoms with E-state index in [2.05, 4.69) is 0 Å². The smallest absolute Gasteiger partial charge is 1.00 e. The van der Waals surface area contributed by atoms with Crippen molar-refractivity contribution < 1.29 is 58.4 Å². The van der Waals surface area contributed by atoms with Crippen LogP contribution in [0.4, 0.5) is 18.8 Å². The van der Waals surface area contributed by atoms with Gasteiger partial charge in [-0.05, 0) is 0 Å². The van der Waals surface area contributed by atoms with E-state index in [9.17, 15) is 0 Å². The molecule has 10 heavy (non-hydrogen) atoms. The molecule has 0 bridgehead atoms. The van der Waals surface area contributed by atoms with Crippen molar-refractivity contribution in [1.29, 1.82) is 0 Å². The monoisotopic (exact) mass is 186 g/mol. The van der Waals surface area contributed by atoms with Gasteiger partial charge < -0.3 is 16.1 Å². The van der Waals surface area contributed by atoms with Crippen LogP contribution in [0.2, 0.25) is 0 Å². The molecule has 10 heteroatoms. The second-order valence-electron chi connectivity index (χ2n) is 0.513. The molecule has 0 heterocycles. The van der Waals surface area contributed by atoms with Crippen molar-refractivity contribution >= 4 is 7.82 Å². The Bertz CT molecular complexity index is 68.2. The molecular weight excluding hydrogens is 178 g/mol. The van der Waals surface area contributed by atoms with Crippen LogP contribution in [0.1, 0.15) is 1.43 Å². The Labute approximate surface area is 67.0 Å². The van der Waals surface area contributed by atoms with E-state index in [1.165, 1.54) is 0 Å². The molecule has 0 spiro atoms. The maximum Gasteiger partial charge on any atom is 1.00 e. The van der Waals surface area contributed by atoms with Gasteiger partial charge in [0, 0.05) is 0 Å². The van der Waals surface area contributed by atoms with Crippen LogP contribution in [0, 0.1) is 0 Å². The molecule has 0 aromatic rings. The third-order valence-corrected chi connectivity index (χ3v) is 0. The summed E-state index contributed by atoms with van der Waals surface area (Å²) in [6.45, 7) is 0. The first-order valence-electron chi connectivity index (χ1n) is 0.783. The maximum absolute atomic E-state index is 8.88. The van der Waals surface area contributed by atoms with Gasteiger partial charge in [-0.15, -0.1) is 0 Å². The predicted octanol–water partition coefficient (Wildman–Crippen LogP) is -3.20. The molecule has 0 saturated heterocycles. The van der Waals surface area contributed by atoms with Crippen LogP contribution >= 0.6 is 7.82 Å². The first-order valence-corrected chi connectivity index (χ1v) is 2.35. The van der Waals surface area contributed by atoms with Crippen molar-refractivity contribution in [2.45, 2.75) is 0 Å². The topological polar surface area (TPSA) is 77.8 Å². The van der Waals surface area contributed by atoms with Crippen LogP contribution in [0.5, 0.6) is 0 Å². The van der Waals surface area contributed by atoms with Gasteiger partial charge in [-0.1, -0.05) is 0 Å². The van der Waals surface area contributed by atoms with Crippen molar-refractivity contribution in [3.63, 3.8) is 0 Å². The van der Waals surface area contributed by atoms with Crippen molar-refractivity contribution in [3.05, 3.63) is 0 Å². The molecule has 4 nitrogen and oxygen atoms in total. The van der Waals surface area contributed by atoms with E-state index in [4.69, 9.17) is 19.2 Å². The summed E-state index contributed by atoms with van der Waals surface area (Å²) in [5.74, 6) is 0. The molecule has 0 unspecified atom stereocenters. The Hall–Kier alpha value is 0.427. The third kappa shape index (κ3) is 2550. The van der Waals surface area contributed by atoms with Gasteiger partial charge in [0.1, 0.15) is 0 Å². The fraction of sp³-hybridized carbons (Fsp3) is 0. The number of hydrogen-bond donors (Lipinski definition) is 3. The minimum Gasteiger partial charge on any atom is -1.00 e. The standard InChI is InChI=1S/4FH.Li.H3O4P.H/c;;;;;1-5(2,3)4;/h4*1H;;(H3,1,2,3,4);/q;;;;+1;;-1. The second kappa shape index (κ2) is 16.2. The Kier molecular flexibility index (Phi) is 76.6. The third-order valence-electron chi connectivity index (χ3n) is 0. The summed E-state index contributed by atoms with van der Waals surface area (Å²) in [7, 11) is -4.64. The minimum atomic E-state index is -4.64. The van der Waals surface area contributed by atoms with Gasteiger partial charge in [-0.25, -0.2) is 4.57 Å². The zero-order valence-electron chi connectivity index (χ0n) is 5.83. The molecule has 0 rings (SSSR count). The number of halogens is 4. The van der Waals surface area contributed by atoms with Gasteiger partial charge in [0.2, 0.25) is 0 Å². The fourth-order valence-electron chi connectivity index (χ4n) is 0. The molecule has 0 amide bonds. The van der Waals surface area contributed by atoms with Gasteiger partial charge in [0.05, 0.1) is 0 Å². The van der Waals surface area contributed by atoms with Crippen LogP contribution < -0.4 is 18.9 Å². The summed E-state index contributed by atoms with van der Waals surface area (Å²) in [5, 5.41) is 0. The first kappa shape index (κ1) is 47.3. The predicted molar refractivity (Wildman–Crippen MR) is 25.4 cm³/mol. The first-order chi connectivity index (χ1) is 2.00. The zero-order valence-corrected chi connectivity index (χ0v) is 5.72. The van der Waals surface area contributed by atoms with E-state index in [0.29, 0.717) is 0 Å². The summed E-state index contributed by atoms with van der Waals surface area (Å²) in [5.41, 5.74) is 0. The summed E-state index contributed by atoms with van der Waals surface area (Å²) in [4.78, 5) is 21.6. The van der Waals surface area contributed by atoms with Gasteiger partial charge in [-0.3, -0.25) is 18.8 Å². The van der Waals surface area contributed by atoms with Gasteiger partial charge in [-0.2, -0.15) is 0 Å². The molecule has 0 saturated carbocycles. The van der Waals surface area contributed by atoms with E-state index in [1.807, 2.05) is 0 Å². The molecule has 0 aromatic carbocycles.